The Bertz CT molecular complexity index is 530. The summed E-state index contributed by atoms with van der Waals surface area (Å²) in [5.41, 5.74) is 2.31. The predicted molar refractivity (Wildman–Crippen MR) is 65.9 cm³/mol. The minimum absolute atomic E-state index is 0.632. The number of hydrogen-bond donors (Lipinski definition) is 1. The third kappa shape index (κ3) is 1.82. The Morgan fingerprint density at radius 1 is 1.18 bits per heavy atom. The number of benzene rings is 1. The number of nitrogens with one attached hydrogen (secondary N) is 1. The predicted octanol–water partition coefficient (Wildman–Crippen LogP) is 1.72. The molecule has 4 heteroatoms. The number of aromatic nitrogens is 2. The Labute approximate surface area is 100.0 Å². The summed E-state index contributed by atoms with van der Waals surface area (Å²) in [5, 5.41) is 12.3. The molecule has 1 aliphatic rings. The average Bonchev–Trinajstić information content (AvgIpc) is 2.96. The van der Waals surface area contributed by atoms with Gasteiger partial charge in [0.1, 0.15) is 5.84 Å². The van der Waals surface area contributed by atoms with E-state index in [1.54, 1.807) is 6.20 Å². The van der Waals surface area contributed by atoms with Crippen molar-refractivity contribution >= 4 is 5.84 Å². The summed E-state index contributed by atoms with van der Waals surface area (Å²) in [6.45, 7) is 2.49. The Morgan fingerprint density at radius 3 is 2.82 bits per heavy atom. The van der Waals surface area contributed by atoms with Crippen molar-refractivity contribution in [2.45, 2.75) is 13.1 Å². The fourth-order valence-electron chi connectivity index (χ4n) is 2.19. The third-order valence-electron chi connectivity index (χ3n) is 3.11. The summed E-state index contributed by atoms with van der Waals surface area (Å²) in [7, 11) is 0. The molecule has 0 unspecified atom stereocenters. The molecule has 1 aliphatic heterocycles. The van der Waals surface area contributed by atoms with E-state index in [9.17, 15) is 0 Å². The zero-order chi connectivity index (χ0) is 11.7. The van der Waals surface area contributed by atoms with Crippen molar-refractivity contribution in [3.05, 3.63) is 53.9 Å². The first kappa shape index (κ1) is 10.1. The molecule has 0 radical (unpaired) electrons. The van der Waals surface area contributed by atoms with Gasteiger partial charge in [0.2, 0.25) is 0 Å². The molecular formula is C13H14N4. The van der Waals surface area contributed by atoms with Gasteiger partial charge in [0.25, 0.3) is 0 Å². The van der Waals surface area contributed by atoms with Crippen LogP contribution < -0.4 is 0 Å². The minimum Gasteiger partial charge on any atom is -0.350 e. The molecule has 17 heavy (non-hydrogen) atoms. The highest BCUT2D eigenvalue weighted by molar-refractivity contribution is 6.00. The van der Waals surface area contributed by atoms with Crippen LogP contribution in [0.3, 0.4) is 0 Å². The Morgan fingerprint density at radius 2 is 2.06 bits per heavy atom. The molecule has 1 aromatic heterocycles. The quantitative estimate of drug-likeness (QED) is 0.866. The van der Waals surface area contributed by atoms with Crippen LogP contribution in [0, 0.1) is 5.41 Å². The van der Waals surface area contributed by atoms with Crippen molar-refractivity contribution in [1.29, 1.82) is 5.41 Å². The number of rotatable bonds is 3. The third-order valence-corrected chi connectivity index (χ3v) is 3.11. The van der Waals surface area contributed by atoms with Crippen molar-refractivity contribution in [2.24, 2.45) is 0 Å². The van der Waals surface area contributed by atoms with Crippen molar-refractivity contribution in [3.8, 4) is 0 Å². The second-order valence-corrected chi connectivity index (χ2v) is 4.20. The monoisotopic (exact) mass is 226 g/mol. The first-order valence-corrected chi connectivity index (χ1v) is 5.74. The van der Waals surface area contributed by atoms with Crippen LogP contribution in [0.5, 0.6) is 0 Å². The lowest BCUT2D eigenvalue weighted by Crippen LogP contribution is -2.28. The molecule has 0 atom stereocenters. The van der Waals surface area contributed by atoms with Crippen molar-refractivity contribution < 1.29 is 0 Å². The molecule has 0 bridgehead atoms. The molecule has 2 heterocycles. The van der Waals surface area contributed by atoms with Crippen LogP contribution in [0.4, 0.5) is 0 Å². The smallest absolute Gasteiger partial charge is 0.128 e. The Balaban J connectivity index is 1.70. The molecule has 0 saturated carbocycles. The maximum atomic E-state index is 8.11. The van der Waals surface area contributed by atoms with E-state index in [-0.39, 0.29) is 0 Å². The molecule has 4 nitrogen and oxygen atoms in total. The van der Waals surface area contributed by atoms with Crippen LogP contribution in [0.2, 0.25) is 0 Å². The Hall–Kier alpha value is -2.10. The molecule has 1 aromatic carbocycles. The maximum absolute atomic E-state index is 8.11. The van der Waals surface area contributed by atoms with Gasteiger partial charge < -0.3 is 4.90 Å². The van der Waals surface area contributed by atoms with Gasteiger partial charge in [-0.25, -0.2) is 0 Å². The highest BCUT2D eigenvalue weighted by atomic mass is 15.3. The van der Waals surface area contributed by atoms with Crippen LogP contribution in [0.25, 0.3) is 0 Å². The maximum Gasteiger partial charge on any atom is 0.128 e. The van der Waals surface area contributed by atoms with Gasteiger partial charge in [-0.05, 0) is 11.6 Å². The van der Waals surface area contributed by atoms with E-state index in [1.165, 1.54) is 5.56 Å². The lowest BCUT2D eigenvalue weighted by molar-refractivity contribution is 0.390. The molecule has 0 fully saturated rings. The van der Waals surface area contributed by atoms with Crippen LogP contribution in [-0.2, 0) is 13.1 Å². The lowest BCUT2D eigenvalue weighted by Gasteiger charge is -2.17. The number of nitrogens with zero attached hydrogens (tertiary/aromatic N) is 3. The first-order valence-electron chi connectivity index (χ1n) is 5.74. The molecule has 86 valence electrons. The second-order valence-electron chi connectivity index (χ2n) is 4.20. The summed E-state index contributed by atoms with van der Waals surface area (Å²) in [6.07, 6.45) is 3.73. The SMILES string of the molecule is N=C1c2ccccc2CN1CCn1cccn1. The van der Waals surface area contributed by atoms with Crippen molar-refractivity contribution in [3.63, 3.8) is 0 Å². The van der Waals surface area contributed by atoms with E-state index >= 15 is 0 Å². The van der Waals surface area contributed by atoms with Gasteiger partial charge in [0.05, 0.1) is 6.54 Å². The summed E-state index contributed by atoms with van der Waals surface area (Å²) in [4.78, 5) is 2.09. The van der Waals surface area contributed by atoms with E-state index < -0.39 is 0 Å². The summed E-state index contributed by atoms with van der Waals surface area (Å²) >= 11 is 0. The largest absolute Gasteiger partial charge is 0.350 e. The van der Waals surface area contributed by atoms with Crippen LogP contribution >= 0.6 is 0 Å². The standard InChI is InChI=1S/C13H14N4/c14-13-12-5-2-1-4-11(12)10-16(13)8-9-17-7-3-6-15-17/h1-7,14H,8-10H2. The Kier molecular flexibility index (Phi) is 2.40. The zero-order valence-electron chi connectivity index (χ0n) is 9.50. The molecule has 0 amide bonds. The van der Waals surface area contributed by atoms with Gasteiger partial charge in [-0.3, -0.25) is 10.1 Å². The normalized spacial score (nSPS) is 14.1. The molecule has 0 aliphatic carbocycles. The van der Waals surface area contributed by atoms with Crippen molar-refractivity contribution in [2.75, 3.05) is 6.54 Å². The molecule has 3 rings (SSSR count). The fraction of sp³-hybridized carbons (Fsp3) is 0.231. The van der Waals surface area contributed by atoms with E-state index in [0.717, 1.165) is 25.2 Å². The topological polar surface area (TPSA) is 44.9 Å². The van der Waals surface area contributed by atoms with Crippen LogP contribution in [0.15, 0.2) is 42.7 Å². The molecule has 1 N–H and O–H groups in total. The molecule has 0 spiro atoms. The summed E-state index contributed by atoms with van der Waals surface area (Å²) in [6, 6.07) is 10.1. The van der Waals surface area contributed by atoms with E-state index in [0.29, 0.717) is 5.84 Å². The second kappa shape index (κ2) is 4.05. The van der Waals surface area contributed by atoms with Gasteiger partial charge >= 0.3 is 0 Å². The molecule has 2 aromatic rings. The van der Waals surface area contributed by atoms with Gasteiger partial charge in [-0.1, -0.05) is 24.3 Å². The van der Waals surface area contributed by atoms with Crippen LogP contribution in [-0.4, -0.2) is 27.1 Å². The van der Waals surface area contributed by atoms with E-state index in [2.05, 4.69) is 16.1 Å². The van der Waals surface area contributed by atoms with Gasteiger partial charge in [0.15, 0.2) is 0 Å². The number of fused-ring (bicyclic) bond motifs is 1. The van der Waals surface area contributed by atoms with Gasteiger partial charge in [0, 0.05) is 31.0 Å². The number of hydrogen-bond acceptors (Lipinski definition) is 2. The van der Waals surface area contributed by atoms with Crippen LogP contribution in [0.1, 0.15) is 11.1 Å². The lowest BCUT2D eigenvalue weighted by atomic mass is 10.1. The average molecular weight is 226 g/mol. The first-order chi connectivity index (χ1) is 8.34. The zero-order valence-corrected chi connectivity index (χ0v) is 9.50. The fourth-order valence-corrected chi connectivity index (χ4v) is 2.19. The minimum atomic E-state index is 0.632. The van der Waals surface area contributed by atoms with Gasteiger partial charge in [-0.15, -0.1) is 0 Å². The summed E-state index contributed by atoms with van der Waals surface area (Å²) in [5.74, 6) is 0.632. The van der Waals surface area contributed by atoms with E-state index in [4.69, 9.17) is 5.41 Å². The molecule has 0 saturated heterocycles. The highest BCUT2D eigenvalue weighted by Crippen LogP contribution is 2.21. The van der Waals surface area contributed by atoms with Gasteiger partial charge in [-0.2, -0.15) is 5.10 Å². The number of amidine groups is 1. The van der Waals surface area contributed by atoms with Crippen molar-refractivity contribution in [1.82, 2.24) is 14.7 Å². The molecular weight excluding hydrogens is 212 g/mol. The highest BCUT2D eigenvalue weighted by Gasteiger charge is 2.22. The summed E-state index contributed by atoms with van der Waals surface area (Å²) < 4.78 is 1.90. The van der Waals surface area contributed by atoms with E-state index in [1.807, 2.05) is 35.1 Å².